The largest absolute Gasteiger partial charge is 0.417 e. The molecule has 0 radical (unpaired) electrons. The molecule has 0 heterocycles. The van der Waals surface area contributed by atoms with Crippen LogP contribution in [-0.2, 0) is 6.42 Å². The van der Waals surface area contributed by atoms with Gasteiger partial charge in [-0.1, -0.05) is 30.9 Å². The summed E-state index contributed by atoms with van der Waals surface area (Å²) in [4.78, 5) is 3.75. The molecule has 0 aromatic heterocycles. The monoisotopic (exact) mass is 285 g/mol. The average molecular weight is 285 g/mol. The van der Waals surface area contributed by atoms with Gasteiger partial charge in [-0.15, -0.1) is 0 Å². The Kier molecular flexibility index (Phi) is 5.67. The molecule has 1 rings (SSSR count). The predicted octanol–water partition coefficient (Wildman–Crippen LogP) is 4.85. The molecule has 0 aliphatic heterocycles. The summed E-state index contributed by atoms with van der Waals surface area (Å²) in [6.07, 6.45) is -2.22. The van der Waals surface area contributed by atoms with Crippen molar-refractivity contribution in [1.29, 1.82) is 0 Å². The highest BCUT2D eigenvalue weighted by Gasteiger charge is 2.31. The van der Waals surface area contributed by atoms with Crippen molar-refractivity contribution in [3.63, 3.8) is 0 Å². The maximum absolute atomic E-state index is 13.4. The van der Waals surface area contributed by atoms with Crippen LogP contribution >= 0.6 is 0 Å². The van der Waals surface area contributed by atoms with Crippen molar-refractivity contribution in [3.8, 4) is 0 Å². The van der Waals surface area contributed by atoms with Gasteiger partial charge in [0, 0.05) is 11.9 Å². The van der Waals surface area contributed by atoms with Gasteiger partial charge in [-0.3, -0.25) is 4.99 Å². The topological polar surface area (TPSA) is 12.4 Å². The van der Waals surface area contributed by atoms with Crippen molar-refractivity contribution < 1.29 is 17.6 Å². The highest BCUT2D eigenvalue weighted by atomic mass is 19.4. The van der Waals surface area contributed by atoms with E-state index in [4.69, 9.17) is 0 Å². The number of halogens is 4. The second-order valence-electron chi connectivity index (χ2n) is 4.24. The van der Waals surface area contributed by atoms with Gasteiger partial charge in [0.2, 0.25) is 0 Å². The molecule has 1 aromatic rings. The summed E-state index contributed by atoms with van der Waals surface area (Å²) in [5.74, 6) is -0.321. The number of nitrogens with zero attached hydrogens (tertiary/aromatic N) is 1. The Labute approximate surface area is 115 Å². The first kappa shape index (κ1) is 16.1. The summed E-state index contributed by atoms with van der Waals surface area (Å²) < 4.78 is 50.6. The van der Waals surface area contributed by atoms with Gasteiger partial charge in [0.15, 0.2) is 0 Å². The van der Waals surface area contributed by atoms with Crippen molar-refractivity contribution in [1.82, 2.24) is 0 Å². The van der Waals surface area contributed by atoms with Crippen LogP contribution in [-0.4, -0.2) is 11.9 Å². The Morgan fingerprint density at radius 3 is 2.50 bits per heavy atom. The van der Waals surface area contributed by atoms with E-state index in [1.165, 1.54) is 6.07 Å². The molecule has 0 saturated carbocycles. The van der Waals surface area contributed by atoms with Crippen LogP contribution in [0.5, 0.6) is 0 Å². The van der Waals surface area contributed by atoms with Gasteiger partial charge in [0.25, 0.3) is 0 Å². The molecule has 108 valence electrons. The van der Waals surface area contributed by atoms with E-state index in [2.05, 4.69) is 11.6 Å². The lowest BCUT2D eigenvalue weighted by atomic mass is 10.1. The Morgan fingerprint density at radius 1 is 1.30 bits per heavy atom. The molecule has 1 nitrogen and oxygen atoms in total. The van der Waals surface area contributed by atoms with Gasteiger partial charge < -0.3 is 0 Å². The third-order valence-electron chi connectivity index (χ3n) is 2.69. The SMILES string of the molecule is C=C/C(=C\N=C(C)CCc1ccccc1F)C(F)(F)F. The van der Waals surface area contributed by atoms with Gasteiger partial charge in [0.05, 0.1) is 5.57 Å². The maximum Gasteiger partial charge on any atom is 0.417 e. The van der Waals surface area contributed by atoms with Crippen molar-refractivity contribution in [2.75, 3.05) is 0 Å². The summed E-state index contributed by atoms with van der Waals surface area (Å²) in [6.45, 7) is 4.71. The normalized spacial score (nSPS) is 13.4. The molecular formula is C15H15F4N. The number of hydrogen-bond donors (Lipinski definition) is 0. The summed E-state index contributed by atoms with van der Waals surface area (Å²) in [6, 6.07) is 6.29. The number of allylic oxidation sites excluding steroid dienone is 2. The van der Waals surface area contributed by atoms with Gasteiger partial charge >= 0.3 is 6.18 Å². The van der Waals surface area contributed by atoms with Crippen molar-refractivity contribution in [3.05, 3.63) is 60.1 Å². The van der Waals surface area contributed by atoms with Crippen LogP contribution in [0.25, 0.3) is 0 Å². The van der Waals surface area contributed by atoms with E-state index >= 15 is 0 Å². The third-order valence-corrected chi connectivity index (χ3v) is 2.69. The number of aryl methyl sites for hydroxylation is 1. The van der Waals surface area contributed by atoms with Crippen LogP contribution < -0.4 is 0 Å². The molecule has 0 bridgehead atoms. The van der Waals surface area contributed by atoms with E-state index in [9.17, 15) is 17.6 Å². The zero-order chi connectivity index (χ0) is 15.2. The van der Waals surface area contributed by atoms with E-state index in [-0.39, 0.29) is 5.82 Å². The summed E-state index contributed by atoms with van der Waals surface area (Å²) in [5, 5.41) is 0. The number of aliphatic imine (C=N–C) groups is 1. The van der Waals surface area contributed by atoms with E-state index < -0.39 is 11.7 Å². The lowest BCUT2D eigenvalue weighted by Gasteiger charge is -2.06. The van der Waals surface area contributed by atoms with Crippen LogP contribution in [0.1, 0.15) is 18.9 Å². The van der Waals surface area contributed by atoms with Gasteiger partial charge in [-0.25, -0.2) is 4.39 Å². The lowest BCUT2D eigenvalue weighted by Crippen LogP contribution is -2.09. The summed E-state index contributed by atoms with van der Waals surface area (Å²) in [7, 11) is 0. The highest BCUT2D eigenvalue weighted by Crippen LogP contribution is 2.26. The van der Waals surface area contributed by atoms with Crippen LogP contribution in [0.2, 0.25) is 0 Å². The molecule has 5 heteroatoms. The fourth-order valence-electron chi connectivity index (χ4n) is 1.50. The predicted molar refractivity (Wildman–Crippen MR) is 72.2 cm³/mol. The molecule has 20 heavy (non-hydrogen) atoms. The van der Waals surface area contributed by atoms with Gasteiger partial charge in [-0.2, -0.15) is 13.2 Å². The van der Waals surface area contributed by atoms with Crippen molar-refractivity contribution in [2.45, 2.75) is 25.9 Å². The molecule has 0 fully saturated rings. The Bertz CT molecular complexity index is 527. The Hall–Kier alpha value is -1.91. The second-order valence-corrected chi connectivity index (χ2v) is 4.24. The van der Waals surface area contributed by atoms with E-state index in [0.717, 1.165) is 6.20 Å². The Morgan fingerprint density at radius 2 is 1.95 bits per heavy atom. The first-order chi connectivity index (χ1) is 9.34. The number of benzene rings is 1. The molecule has 0 amide bonds. The number of alkyl halides is 3. The van der Waals surface area contributed by atoms with E-state index in [1.807, 2.05) is 0 Å². The number of rotatable bonds is 5. The molecule has 0 aliphatic carbocycles. The van der Waals surface area contributed by atoms with Crippen molar-refractivity contribution in [2.24, 2.45) is 4.99 Å². The van der Waals surface area contributed by atoms with Crippen LogP contribution in [0.3, 0.4) is 0 Å². The smallest absolute Gasteiger partial charge is 0.265 e. The zero-order valence-electron chi connectivity index (χ0n) is 11.0. The molecule has 0 spiro atoms. The number of hydrogen-bond acceptors (Lipinski definition) is 1. The molecule has 0 N–H and O–H groups in total. The van der Waals surface area contributed by atoms with Crippen LogP contribution in [0.4, 0.5) is 17.6 Å². The van der Waals surface area contributed by atoms with Crippen molar-refractivity contribution >= 4 is 5.71 Å². The second kappa shape index (κ2) is 7.03. The Balaban J connectivity index is 2.69. The molecule has 0 atom stereocenters. The van der Waals surface area contributed by atoms with E-state index in [0.29, 0.717) is 30.2 Å². The first-order valence-corrected chi connectivity index (χ1v) is 6.01. The molecule has 0 aliphatic rings. The molecule has 1 aromatic carbocycles. The minimum Gasteiger partial charge on any atom is -0.265 e. The zero-order valence-corrected chi connectivity index (χ0v) is 11.0. The first-order valence-electron chi connectivity index (χ1n) is 6.01. The minimum absolute atomic E-state index is 0.321. The van der Waals surface area contributed by atoms with Gasteiger partial charge in [-0.05, 0) is 31.4 Å². The van der Waals surface area contributed by atoms with Crippen LogP contribution in [0, 0.1) is 5.82 Å². The summed E-state index contributed by atoms with van der Waals surface area (Å²) in [5.41, 5.74) is 0.116. The lowest BCUT2D eigenvalue weighted by molar-refractivity contribution is -0.0883. The summed E-state index contributed by atoms with van der Waals surface area (Å²) >= 11 is 0. The third kappa shape index (κ3) is 4.99. The van der Waals surface area contributed by atoms with E-state index in [1.54, 1.807) is 25.1 Å². The highest BCUT2D eigenvalue weighted by molar-refractivity contribution is 5.82. The quantitative estimate of drug-likeness (QED) is 0.416. The maximum atomic E-state index is 13.4. The molecular weight excluding hydrogens is 270 g/mol. The van der Waals surface area contributed by atoms with Gasteiger partial charge in [0.1, 0.15) is 5.82 Å². The minimum atomic E-state index is -4.46. The fourth-order valence-corrected chi connectivity index (χ4v) is 1.50. The fraction of sp³-hybridized carbons (Fsp3) is 0.267. The van der Waals surface area contributed by atoms with Crippen LogP contribution in [0.15, 0.2) is 53.7 Å². The molecule has 0 saturated heterocycles. The average Bonchev–Trinajstić information content (AvgIpc) is 2.37. The standard InChI is InChI=1S/C15H15F4N/c1-3-13(15(17,18)19)10-20-11(2)8-9-12-6-4-5-7-14(12)16/h3-7,10H,1,8-9H2,2H3/b13-10+,20-11?. The molecule has 0 unspecified atom stereocenters.